The lowest BCUT2D eigenvalue weighted by molar-refractivity contribution is -0.133. The lowest BCUT2D eigenvalue weighted by Gasteiger charge is -2.14. The molecule has 1 aromatic carbocycles. The largest absolute Gasteiger partial charge is 0.491 e. The number of amides is 2. The highest BCUT2D eigenvalue weighted by molar-refractivity contribution is 8.00. The number of benzene rings is 1. The third kappa shape index (κ3) is 6.92. The van der Waals surface area contributed by atoms with Crippen molar-refractivity contribution in [3.05, 3.63) is 29.5 Å². The van der Waals surface area contributed by atoms with E-state index in [4.69, 9.17) is 10.5 Å². The molecule has 2 aromatic rings. The monoisotopic (exact) mass is 486 g/mol. The molecule has 0 bridgehead atoms. The first-order valence-electron chi connectivity index (χ1n) is 9.27. The van der Waals surface area contributed by atoms with E-state index in [0.717, 1.165) is 23.2 Å². The van der Waals surface area contributed by atoms with Crippen LogP contribution in [-0.2, 0) is 19.4 Å². The molecule has 0 fully saturated rings. The number of aromatic nitrogens is 1. The zero-order valence-electron chi connectivity index (χ0n) is 17.9. The predicted molar refractivity (Wildman–Crippen MR) is 124 cm³/mol. The number of rotatable bonds is 8. The number of nitrogens with two attached hydrogens (primary N) is 1. The van der Waals surface area contributed by atoms with Gasteiger partial charge in [-0.2, -0.15) is 0 Å². The summed E-state index contributed by atoms with van der Waals surface area (Å²) in [6, 6.07) is 5.23. The first kappa shape index (κ1) is 25.1. The van der Waals surface area contributed by atoms with Gasteiger partial charge in [0.1, 0.15) is 5.75 Å². The van der Waals surface area contributed by atoms with Crippen molar-refractivity contribution in [1.29, 1.82) is 0 Å². The number of carbonyl (C=O) groups is 2. The van der Waals surface area contributed by atoms with Gasteiger partial charge in [-0.3, -0.25) is 14.9 Å². The van der Waals surface area contributed by atoms with E-state index in [1.54, 1.807) is 24.5 Å². The van der Waals surface area contributed by atoms with Gasteiger partial charge in [-0.25, -0.2) is 13.4 Å². The zero-order valence-corrected chi connectivity index (χ0v) is 20.3. The third-order valence-corrected chi connectivity index (χ3v) is 7.18. The molecule has 31 heavy (non-hydrogen) atoms. The minimum absolute atomic E-state index is 0.0822. The number of sulfone groups is 1. The van der Waals surface area contributed by atoms with E-state index in [1.165, 1.54) is 11.8 Å². The topological polar surface area (TPSA) is 140 Å². The highest BCUT2D eigenvalue weighted by atomic mass is 32.2. The number of thiazole rings is 1. The molecule has 0 aliphatic carbocycles. The number of hydrogen-bond donors (Lipinski definition) is 3. The van der Waals surface area contributed by atoms with Crippen LogP contribution in [0.4, 0.5) is 10.8 Å². The Morgan fingerprint density at radius 1 is 1.26 bits per heavy atom. The molecule has 12 heteroatoms. The maximum atomic E-state index is 12.4. The molecule has 9 nitrogen and oxygen atoms in total. The van der Waals surface area contributed by atoms with Gasteiger partial charge >= 0.3 is 11.8 Å². The molecule has 0 aliphatic rings. The van der Waals surface area contributed by atoms with Crippen LogP contribution < -0.4 is 21.1 Å². The van der Waals surface area contributed by atoms with Gasteiger partial charge in [0.15, 0.2) is 20.3 Å². The number of hydrogen-bond acceptors (Lipinski definition) is 9. The van der Waals surface area contributed by atoms with Crippen LogP contribution in [0.2, 0.25) is 0 Å². The van der Waals surface area contributed by atoms with Gasteiger partial charge in [0.05, 0.1) is 22.2 Å². The molecular weight excluding hydrogens is 460 g/mol. The fraction of sp³-hybridized carbons (Fsp3) is 0.421. The van der Waals surface area contributed by atoms with Crippen molar-refractivity contribution in [1.82, 2.24) is 4.98 Å². The summed E-state index contributed by atoms with van der Waals surface area (Å²) in [5.41, 5.74) is 7.23. The summed E-state index contributed by atoms with van der Waals surface area (Å²) >= 11 is 2.30. The van der Waals surface area contributed by atoms with E-state index < -0.39 is 27.0 Å². The quantitative estimate of drug-likeness (QED) is 0.382. The minimum Gasteiger partial charge on any atom is -0.491 e. The Morgan fingerprint density at radius 3 is 2.48 bits per heavy atom. The van der Waals surface area contributed by atoms with Crippen LogP contribution in [-0.4, -0.2) is 44.3 Å². The molecule has 2 amide bonds. The Bertz CT molecular complexity index is 1070. The average Bonchev–Trinajstić information content (AvgIpc) is 3.09. The highest BCUT2D eigenvalue weighted by Gasteiger charge is 2.26. The Labute approximate surface area is 190 Å². The van der Waals surface area contributed by atoms with Crippen LogP contribution in [0.25, 0.3) is 0 Å². The van der Waals surface area contributed by atoms with Crippen LogP contribution in [0.1, 0.15) is 30.5 Å². The van der Waals surface area contributed by atoms with Crippen LogP contribution in [0, 0.1) is 12.8 Å². The number of aryl methyl sites for hydroxylation is 1. The lowest BCUT2D eigenvalue weighted by atomic mass is 10.2. The van der Waals surface area contributed by atoms with Gasteiger partial charge in [0.25, 0.3) is 0 Å². The molecule has 0 aliphatic heterocycles. The second kappa shape index (κ2) is 10.4. The molecule has 1 unspecified atom stereocenters. The Morgan fingerprint density at radius 2 is 1.90 bits per heavy atom. The number of thioether (sulfide) groups is 1. The smallest absolute Gasteiger partial charge is 0.315 e. The van der Waals surface area contributed by atoms with Crippen LogP contribution >= 0.6 is 23.1 Å². The van der Waals surface area contributed by atoms with Crippen molar-refractivity contribution in [2.75, 3.05) is 29.8 Å². The number of nitrogens with zero attached hydrogens (tertiary/aromatic N) is 1. The molecule has 4 N–H and O–H groups in total. The fourth-order valence-corrected chi connectivity index (χ4v) is 4.76. The standard InChI is InChI=1S/C19H26N4O5S3/c1-10(2)9-28-13-8-11(3)6-7-12(13)21-16(24)17(25)23-19-22-14(18(29-4)30-19)15(20)31(5,26)27/h6-8,10,15H,9,20H2,1-5H3,(H,21,24)(H,22,23,25). The van der Waals surface area contributed by atoms with Crippen molar-refractivity contribution < 1.29 is 22.7 Å². The number of anilines is 2. The summed E-state index contributed by atoms with van der Waals surface area (Å²) in [7, 11) is -3.58. The summed E-state index contributed by atoms with van der Waals surface area (Å²) < 4.78 is 29.8. The van der Waals surface area contributed by atoms with E-state index in [0.29, 0.717) is 22.3 Å². The molecular formula is C19H26N4O5S3. The van der Waals surface area contributed by atoms with Gasteiger partial charge in [0, 0.05) is 6.26 Å². The van der Waals surface area contributed by atoms with E-state index in [2.05, 4.69) is 15.6 Å². The van der Waals surface area contributed by atoms with Gasteiger partial charge in [-0.05, 0) is 36.8 Å². The second-order valence-corrected chi connectivity index (χ2v) is 11.5. The molecule has 0 spiro atoms. The summed E-state index contributed by atoms with van der Waals surface area (Å²) in [6.45, 7) is 6.36. The van der Waals surface area contributed by atoms with Crippen LogP contribution in [0.3, 0.4) is 0 Å². The van der Waals surface area contributed by atoms with Gasteiger partial charge in [-0.15, -0.1) is 11.8 Å². The van der Waals surface area contributed by atoms with Crippen molar-refractivity contribution >= 4 is 55.6 Å². The lowest BCUT2D eigenvalue weighted by Crippen LogP contribution is -2.29. The van der Waals surface area contributed by atoms with Gasteiger partial charge < -0.3 is 15.8 Å². The van der Waals surface area contributed by atoms with Crippen LogP contribution in [0.5, 0.6) is 5.75 Å². The number of ether oxygens (including phenoxy) is 1. The molecule has 170 valence electrons. The molecule has 0 saturated carbocycles. The summed E-state index contributed by atoms with van der Waals surface area (Å²) in [5.74, 6) is -1.10. The maximum Gasteiger partial charge on any atom is 0.315 e. The predicted octanol–water partition coefficient (Wildman–Crippen LogP) is 2.79. The number of carbonyl (C=O) groups excluding carboxylic acids is 2. The Hall–Kier alpha value is -2.15. The highest BCUT2D eigenvalue weighted by Crippen LogP contribution is 2.35. The molecule has 2 rings (SSSR count). The van der Waals surface area contributed by atoms with E-state index >= 15 is 0 Å². The van der Waals surface area contributed by atoms with E-state index in [9.17, 15) is 18.0 Å². The minimum atomic E-state index is -3.58. The van der Waals surface area contributed by atoms with Crippen molar-refractivity contribution in [3.8, 4) is 5.75 Å². The fourth-order valence-electron chi connectivity index (χ4n) is 2.34. The van der Waals surface area contributed by atoms with Gasteiger partial charge in [-0.1, -0.05) is 31.3 Å². The molecule has 1 atom stereocenters. The first-order chi connectivity index (χ1) is 14.4. The van der Waals surface area contributed by atoms with E-state index in [-0.39, 0.29) is 16.7 Å². The normalized spacial score (nSPS) is 12.5. The van der Waals surface area contributed by atoms with Gasteiger partial charge in [0.2, 0.25) is 0 Å². The molecule has 0 saturated heterocycles. The van der Waals surface area contributed by atoms with Crippen LogP contribution in [0.15, 0.2) is 22.4 Å². The first-order valence-corrected chi connectivity index (χ1v) is 13.3. The molecule has 1 heterocycles. The summed E-state index contributed by atoms with van der Waals surface area (Å²) in [6.07, 6.45) is 2.74. The Balaban J connectivity index is 2.15. The van der Waals surface area contributed by atoms with E-state index in [1.807, 2.05) is 20.8 Å². The van der Waals surface area contributed by atoms with Crippen molar-refractivity contribution in [3.63, 3.8) is 0 Å². The number of nitrogens with one attached hydrogen (secondary N) is 2. The molecule has 1 aromatic heterocycles. The third-order valence-electron chi connectivity index (χ3n) is 3.92. The van der Waals surface area contributed by atoms with Crippen molar-refractivity contribution in [2.45, 2.75) is 30.4 Å². The zero-order chi connectivity index (χ0) is 23.3. The summed E-state index contributed by atoms with van der Waals surface area (Å²) in [4.78, 5) is 28.9. The Kier molecular flexibility index (Phi) is 8.46. The average molecular weight is 487 g/mol. The maximum absolute atomic E-state index is 12.4. The molecule has 0 radical (unpaired) electrons. The van der Waals surface area contributed by atoms with Crippen molar-refractivity contribution in [2.24, 2.45) is 11.7 Å². The SMILES string of the molecule is CSc1sc(NC(=O)C(=O)Nc2ccc(C)cc2OCC(C)C)nc1C(N)S(C)(=O)=O. The summed E-state index contributed by atoms with van der Waals surface area (Å²) in [5, 5.41) is 3.70. The second-order valence-electron chi connectivity index (χ2n) is 7.26.